The molecule has 128 valence electrons. The van der Waals surface area contributed by atoms with Crippen molar-refractivity contribution in [2.45, 2.75) is 0 Å². The topological polar surface area (TPSA) is 58.5 Å². The summed E-state index contributed by atoms with van der Waals surface area (Å²) in [6, 6.07) is 24.6. The van der Waals surface area contributed by atoms with Gasteiger partial charge in [-0.15, -0.1) is 0 Å². The first kappa shape index (κ1) is 15.5. The first-order valence-corrected chi connectivity index (χ1v) is 8.67. The molecular weight excluding hydrogens is 336 g/mol. The summed E-state index contributed by atoms with van der Waals surface area (Å²) in [6.07, 6.45) is 0. The van der Waals surface area contributed by atoms with Crippen LogP contribution in [-0.4, -0.2) is 17.5 Å². The Bertz CT molecular complexity index is 1170. The van der Waals surface area contributed by atoms with Gasteiger partial charge in [0, 0.05) is 22.3 Å². The number of amides is 2. The Balaban J connectivity index is 1.83. The molecule has 0 aromatic heterocycles. The van der Waals surface area contributed by atoms with Crippen LogP contribution in [0.25, 0.3) is 11.3 Å². The molecular formula is C23H14N2O2. The van der Waals surface area contributed by atoms with E-state index in [1.54, 1.807) is 12.1 Å². The smallest absolute Gasteiger partial charge is 0.278 e. The quantitative estimate of drug-likeness (QED) is 0.761. The number of hydrogen-bond acceptors (Lipinski definition) is 2. The van der Waals surface area contributed by atoms with Crippen molar-refractivity contribution in [3.63, 3.8) is 0 Å². The van der Waals surface area contributed by atoms with Gasteiger partial charge in [0.1, 0.15) is 0 Å². The number of carbonyl (C=O) groups excluding carboxylic acids is 2. The highest BCUT2D eigenvalue weighted by molar-refractivity contribution is 6.44. The lowest BCUT2D eigenvalue weighted by atomic mass is 9.91. The van der Waals surface area contributed by atoms with Crippen LogP contribution in [0.4, 0.5) is 0 Å². The third-order valence-corrected chi connectivity index (χ3v) is 4.85. The van der Waals surface area contributed by atoms with Crippen molar-refractivity contribution >= 4 is 28.8 Å². The van der Waals surface area contributed by atoms with E-state index in [1.807, 2.05) is 66.7 Å². The molecule has 0 radical (unpaired) electrons. The zero-order chi connectivity index (χ0) is 18.4. The molecule has 27 heavy (non-hydrogen) atoms. The fraction of sp³-hybridized carbons (Fsp3) is 0. The number of hydrogen-bond donors (Lipinski definition) is 1. The number of benzene rings is 3. The second-order valence-corrected chi connectivity index (χ2v) is 6.43. The van der Waals surface area contributed by atoms with Crippen LogP contribution < -0.4 is 5.32 Å². The normalized spacial score (nSPS) is 16.5. The molecule has 0 aliphatic carbocycles. The highest BCUT2D eigenvalue weighted by Crippen LogP contribution is 2.36. The molecule has 2 amide bonds. The predicted octanol–water partition coefficient (Wildman–Crippen LogP) is 3.94. The SMILES string of the molecule is O=C1N=C(C(=C2NC(=O)c3ccccc32)c2ccccc2)c2ccccc21. The Morgan fingerprint density at radius 1 is 0.667 bits per heavy atom. The number of rotatable bonds is 2. The number of aliphatic imine (C=N–C) groups is 1. The summed E-state index contributed by atoms with van der Waals surface area (Å²) in [4.78, 5) is 29.3. The van der Waals surface area contributed by atoms with Gasteiger partial charge in [-0.3, -0.25) is 9.59 Å². The summed E-state index contributed by atoms with van der Waals surface area (Å²) in [7, 11) is 0. The van der Waals surface area contributed by atoms with Gasteiger partial charge in [0.25, 0.3) is 11.8 Å². The Kier molecular flexibility index (Phi) is 3.37. The minimum atomic E-state index is -0.257. The molecule has 5 rings (SSSR count). The maximum absolute atomic E-state index is 12.5. The minimum absolute atomic E-state index is 0.146. The first-order valence-electron chi connectivity index (χ1n) is 8.67. The van der Waals surface area contributed by atoms with Crippen LogP contribution in [0.3, 0.4) is 0 Å². The number of fused-ring (bicyclic) bond motifs is 2. The summed E-state index contributed by atoms with van der Waals surface area (Å²) in [5, 5.41) is 2.99. The zero-order valence-electron chi connectivity index (χ0n) is 14.3. The zero-order valence-corrected chi connectivity index (χ0v) is 14.3. The average molecular weight is 350 g/mol. The van der Waals surface area contributed by atoms with E-state index in [-0.39, 0.29) is 11.8 Å². The maximum Gasteiger partial charge on any atom is 0.278 e. The van der Waals surface area contributed by atoms with E-state index >= 15 is 0 Å². The van der Waals surface area contributed by atoms with Crippen LogP contribution in [0.1, 0.15) is 37.4 Å². The fourth-order valence-electron chi connectivity index (χ4n) is 3.64. The van der Waals surface area contributed by atoms with Crippen molar-refractivity contribution in [3.8, 4) is 0 Å². The van der Waals surface area contributed by atoms with E-state index in [9.17, 15) is 9.59 Å². The molecule has 4 heteroatoms. The van der Waals surface area contributed by atoms with Crippen molar-refractivity contribution in [2.75, 3.05) is 0 Å². The molecule has 0 saturated carbocycles. The van der Waals surface area contributed by atoms with Gasteiger partial charge < -0.3 is 5.32 Å². The molecule has 0 saturated heterocycles. The first-order chi connectivity index (χ1) is 13.2. The van der Waals surface area contributed by atoms with Crippen LogP contribution in [0.2, 0.25) is 0 Å². The lowest BCUT2D eigenvalue weighted by molar-refractivity contribution is 0.0978. The minimum Gasteiger partial charge on any atom is -0.321 e. The third-order valence-electron chi connectivity index (χ3n) is 4.85. The Hall–Kier alpha value is -3.79. The van der Waals surface area contributed by atoms with Crippen molar-refractivity contribution in [1.29, 1.82) is 0 Å². The van der Waals surface area contributed by atoms with Gasteiger partial charge in [-0.25, -0.2) is 4.99 Å². The summed E-state index contributed by atoms with van der Waals surface area (Å²) in [5.41, 5.74) is 5.74. The van der Waals surface area contributed by atoms with Gasteiger partial charge in [0.15, 0.2) is 0 Å². The van der Waals surface area contributed by atoms with Crippen LogP contribution in [0, 0.1) is 0 Å². The predicted molar refractivity (Wildman–Crippen MR) is 104 cm³/mol. The van der Waals surface area contributed by atoms with Gasteiger partial charge in [-0.1, -0.05) is 66.7 Å². The molecule has 0 bridgehead atoms. The van der Waals surface area contributed by atoms with Gasteiger partial charge in [-0.05, 0) is 17.7 Å². The summed E-state index contributed by atoms with van der Waals surface area (Å²) < 4.78 is 0. The monoisotopic (exact) mass is 350 g/mol. The van der Waals surface area contributed by atoms with Gasteiger partial charge in [-0.2, -0.15) is 0 Å². The molecule has 0 atom stereocenters. The average Bonchev–Trinajstić information content (AvgIpc) is 3.22. The van der Waals surface area contributed by atoms with Crippen LogP contribution in [0.15, 0.2) is 83.9 Å². The summed E-state index contributed by atoms with van der Waals surface area (Å²) in [6.45, 7) is 0. The van der Waals surface area contributed by atoms with E-state index in [2.05, 4.69) is 10.3 Å². The Morgan fingerprint density at radius 2 is 1.26 bits per heavy atom. The van der Waals surface area contributed by atoms with Crippen molar-refractivity contribution < 1.29 is 9.59 Å². The lowest BCUT2D eigenvalue weighted by Crippen LogP contribution is -2.16. The maximum atomic E-state index is 12.5. The van der Waals surface area contributed by atoms with Gasteiger partial charge in [0.05, 0.1) is 17.0 Å². The molecule has 3 aromatic rings. The van der Waals surface area contributed by atoms with Gasteiger partial charge >= 0.3 is 0 Å². The standard InChI is InChI=1S/C23H14N2O2/c26-22-17-12-6-4-10-15(17)20(24-22)19(14-8-2-1-3-9-14)21-16-11-5-7-13-18(16)23(27)25-21/h1-13H,(H,24,26). The molecule has 0 unspecified atom stereocenters. The highest BCUT2D eigenvalue weighted by atomic mass is 16.2. The third kappa shape index (κ3) is 2.34. The summed E-state index contributed by atoms with van der Waals surface area (Å²) in [5.74, 6) is -0.403. The molecule has 2 aliphatic heterocycles. The van der Waals surface area contributed by atoms with Crippen LogP contribution in [0.5, 0.6) is 0 Å². The van der Waals surface area contributed by atoms with Gasteiger partial charge in [0.2, 0.25) is 0 Å². The van der Waals surface area contributed by atoms with Crippen LogP contribution in [-0.2, 0) is 0 Å². The van der Waals surface area contributed by atoms with E-state index in [1.165, 1.54) is 0 Å². The van der Waals surface area contributed by atoms with Crippen molar-refractivity contribution in [1.82, 2.24) is 5.32 Å². The largest absolute Gasteiger partial charge is 0.321 e. The second-order valence-electron chi connectivity index (χ2n) is 6.43. The number of allylic oxidation sites excluding steroid dienone is 1. The van der Waals surface area contributed by atoms with E-state index < -0.39 is 0 Å². The van der Waals surface area contributed by atoms with Crippen LogP contribution >= 0.6 is 0 Å². The van der Waals surface area contributed by atoms with Crippen molar-refractivity contribution in [2.24, 2.45) is 4.99 Å². The number of carbonyl (C=O) groups is 2. The molecule has 0 spiro atoms. The molecule has 4 nitrogen and oxygen atoms in total. The number of nitrogens with zero attached hydrogens (tertiary/aromatic N) is 1. The summed E-state index contributed by atoms with van der Waals surface area (Å²) >= 11 is 0. The molecule has 3 aromatic carbocycles. The fourth-order valence-corrected chi connectivity index (χ4v) is 3.64. The van der Waals surface area contributed by atoms with E-state index in [0.717, 1.165) is 22.3 Å². The second kappa shape index (κ2) is 5.88. The van der Waals surface area contributed by atoms with Crippen molar-refractivity contribution in [3.05, 3.63) is 107 Å². The highest BCUT2D eigenvalue weighted by Gasteiger charge is 2.32. The molecule has 0 fully saturated rings. The molecule has 2 aliphatic rings. The Morgan fingerprint density at radius 3 is 2.00 bits per heavy atom. The molecule has 2 heterocycles. The van der Waals surface area contributed by atoms with E-state index in [0.29, 0.717) is 22.5 Å². The number of nitrogens with one attached hydrogen (secondary N) is 1. The molecule has 1 N–H and O–H groups in total. The Labute approximate surface area is 155 Å². The lowest BCUT2D eigenvalue weighted by Gasteiger charge is -2.14. The van der Waals surface area contributed by atoms with E-state index in [4.69, 9.17) is 0 Å².